The first-order valence-corrected chi connectivity index (χ1v) is 6.55. The normalized spacial score (nSPS) is 9.76. The maximum atomic E-state index is 11.3. The van der Waals surface area contributed by atoms with Gasteiger partial charge in [-0.05, 0) is 18.1 Å². The largest absolute Gasteiger partial charge is 0.466 e. The summed E-state index contributed by atoms with van der Waals surface area (Å²) in [6.07, 6.45) is 0.0872. The number of nitrogens with zero attached hydrogens (tertiary/aromatic N) is 1. The second-order valence-corrected chi connectivity index (χ2v) is 4.24. The molecule has 1 aromatic carbocycles. The van der Waals surface area contributed by atoms with Crippen molar-refractivity contribution >= 4 is 33.5 Å². The molecule has 0 atom stereocenters. The number of benzene rings is 1. The third kappa shape index (κ3) is 3.45. The summed E-state index contributed by atoms with van der Waals surface area (Å²) in [5.74, 6) is -0.343. The minimum Gasteiger partial charge on any atom is -0.466 e. The molecule has 1 rings (SSSR count). The van der Waals surface area contributed by atoms with Gasteiger partial charge >= 0.3 is 5.97 Å². The zero-order valence-corrected chi connectivity index (χ0v) is 11.6. The number of carbonyl (C=O) groups is 1. The van der Waals surface area contributed by atoms with E-state index in [4.69, 9.17) is 21.6 Å². The number of ether oxygens (including phenoxy) is 1. The van der Waals surface area contributed by atoms with Gasteiger partial charge in [-0.2, -0.15) is 5.26 Å². The Hall–Kier alpha value is -1.05. The van der Waals surface area contributed by atoms with E-state index in [1.165, 1.54) is 0 Å². The Morgan fingerprint density at radius 2 is 2.18 bits per heavy atom. The molecule has 5 heteroatoms. The highest BCUT2D eigenvalue weighted by Gasteiger charge is 2.13. The van der Waals surface area contributed by atoms with Gasteiger partial charge in [0, 0.05) is 5.33 Å². The van der Waals surface area contributed by atoms with Gasteiger partial charge in [-0.15, -0.1) is 0 Å². The molecule has 0 N–H and O–H groups in total. The van der Waals surface area contributed by atoms with Crippen molar-refractivity contribution in [3.8, 4) is 6.07 Å². The average Bonchev–Trinajstić information content (AvgIpc) is 2.31. The van der Waals surface area contributed by atoms with Gasteiger partial charge in [-0.3, -0.25) is 4.79 Å². The van der Waals surface area contributed by atoms with Crippen LogP contribution in [0.2, 0.25) is 5.02 Å². The molecule has 0 aliphatic rings. The maximum absolute atomic E-state index is 11.3. The van der Waals surface area contributed by atoms with E-state index in [9.17, 15) is 4.79 Å². The minimum atomic E-state index is -0.343. The van der Waals surface area contributed by atoms with E-state index in [-0.39, 0.29) is 12.4 Å². The minimum absolute atomic E-state index is 0.0872. The number of halogens is 2. The van der Waals surface area contributed by atoms with Crippen LogP contribution in [-0.4, -0.2) is 12.6 Å². The first-order valence-electron chi connectivity index (χ1n) is 5.06. The van der Waals surface area contributed by atoms with Crippen molar-refractivity contribution in [1.82, 2.24) is 0 Å². The second-order valence-electron chi connectivity index (χ2n) is 3.30. The van der Waals surface area contributed by atoms with E-state index in [2.05, 4.69) is 15.9 Å². The molecule has 0 amide bonds. The molecule has 0 aliphatic carbocycles. The zero-order chi connectivity index (χ0) is 12.8. The lowest BCUT2D eigenvalue weighted by Gasteiger charge is -2.08. The number of nitriles is 1. The van der Waals surface area contributed by atoms with Crippen molar-refractivity contribution < 1.29 is 9.53 Å². The van der Waals surface area contributed by atoms with Gasteiger partial charge in [0.15, 0.2) is 0 Å². The lowest BCUT2D eigenvalue weighted by atomic mass is 10.0. The number of carbonyl (C=O) groups excluding carboxylic acids is 1. The molecule has 0 fully saturated rings. The van der Waals surface area contributed by atoms with Crippen molar-refractivity contribution in [3.63, 3.8) is 0 Å². The van der Waals surface area contributed by atoms with Gasteiger partial charge in [0.1, 0.15) is 6.07 Å². The highest BCUT2D eigenvalue weighted by molar-refractivity contribution is 9.08. The quantitative estimate of drug-likeness (QED) is 0.633. The van der Waals surface area contributed by atoms with Crippen LogP contribution in [0.4, 0.5) is 0 Å². The molecule has 17 heavy (non-hydrogen) atoms. The van der Waals surface area contributed by atoms with Crippen LogP contribution in [0.15, 0.2) is 12.1 Å². The molecule has 0 bridgehead atoms. The Bertz CT molecular complexity index is 468. The molecule has 0 radical (unpaired) electrons. The Morgan fingerprint density at radius 1 is 1.53 bits per heavy atom. The number of hydrogen-bond acceptors (Lipinski definition) is 3. The summed E-state index contributed by atoms with van der Waals surface area (Å²) in [5, 5.41) is 9.90. The van der Waals surface area contributed by atoms with Gasteiger partial charge in [-0.1, -0.05) is 39.7 Å². The number of rotatable bonds is 4. The molecule has 0 aliphatic heterocycles. The van der Waals surface area contributed by atoms with E-state index in [0.717, 1.165) is 5.56 Å². The third-order valence-corrected chi connectivity index (χ3v) is 3.24. The van der Waals surface area contributed by atoms with Crippen LogP contribution >= 0.6 is 27.5 Å². The Kier molecular flexibility index (Phi) is 5.46. The zero-order valence-electron chi connectivity index (χ0n) is 9.30. The Morgan fingerprint density at radius 3 is 2.71 bits per heavy atom. The molecule has 1 aromatic rings. The number of esters is 1. The van der Waals surface area contributed by atoms with Gasteiger partial charge in [0.25, 0.3) is 0 Å². The van der Waals surface area contributed by atoms with Crippen molar-refractivity contribution in [2.45, 2.75) is 18.7 Å². The Balaban J connectivity index is 3.04. The fraction of sp³-hybridized carbons (Fsp3) is 0.333. The fourth-order valence-electron chi connectivity index (χ4n) is 1.40. The summed E-state index contributed by atoms with van der Waals surface area (Å²) >= 11 is 9.37. The molecule has 0 saturated carbocycles. The SMILES string of the molecule is CCOC(=O)Cc1ccc(CBr)c(C#N)c1Cl. The summed E-state index contributed by atoms with van der Waals surface area (Å²) in [6.45, 7) is 2.08. The lowest BCUT2D eigenvalue weighted by Crippen LogP contribution is -2.08. The molecule has 0 unspecified atom stereocenters. The maximum Gasteiger partial charge on any atom is 0.310 e. The second kappa shape index (κ2) is 6.63. The monoisotopic (exact) mass is 315 g/mol. The third-order valence-electron chi connectivity index (χ3n) is 2.20. The van der Waals surface area contributed by atoms with E-state index in [0.29, 0.717) is 28.1 Å². The van der Waals surface area contributed by atoms with Crippen molar-refractivity contribution in [2.24, 2.45) is 0 Å². The summed E-state index contributed by atoms with van der Waals surface area (Å²) in [7, 11) is 0. The van der Waals surface area contributed by atoms with E-state index in [1.807, 2.05) is 6.07 Å². The van der Waals surface area contributed by atoms with E-state index in [1.54, 1.807) is 19.1 Å². The molecule has 90 valence electrons. The van der Waals surface area contributed by atoms with Crippen LogP contribution in [0.1, 0.15) is 23.6 Å². The van der Waals surface area contributed by atoms with Gasteiger partial charge in [0.05, 0.1) is 23.6 Å². The van der Waals surface area contributed by atoms with E-state index >= 15 is 0 Å². The summed E-state index contributed by atoms with van der Waals surface area (Å²) < 4.78 is 4.84. The first kappa shape index (κ1) is 14.0. The molecule has 0 aromatic heterocycles. The first-order chi connectivity index (χ1) is 8.13. The highest BCUT2D eigenvalue weighted by Crippen LogP contribution is 2.26. The predicted molar refractivity (Wildman–Crippen MR) is 69.1 cm³/mol. The highest BCUT2D eigenvalue weighted by atomic mass is 79.9. The summed E-state index contributed by atoms with van der Waals surface area (Å²) in [6, 6.07) is 5.58. The lowest BCUT2D eigenvalue weighted by molar-refractivity contribution is -0.142. The molecular formula is C12H11BrClNO2. The van der Waals surface area contributed by atoms with Gasteiger partial charge in [-0.25, -0.2) is 0 Å². The molecule has 0 spiro atoms. The molecule has 0 saturated heterocycles. The van der Waals surface area contributed by atoms with Crippen molar-refractivity contribution in [1.29, 1.82) is 5.26 Å². The van der Waals surface area contributed by atoms with Crippen molar-refractivity contribution in [3.05, 3.63) is 33.8 Å². The van der Waals surface area contributed by atoms with Crippen LogP contribution in [0.25, 0.3) is 0 Å². The summed E-state index contributed by atoms with van der Waals surface area (Å²) in [5.41, 5.74) is 1.84. The molecule has 0 heterocycles. The topological polar surface area (TPSA) is 50.1 Å². The number of alkyl halides is 1. The smallest absolute Gasteiger partial charge is 0.310 e. The molecular weight excluding hydrogens is 305 g/mol. The molecule has 3 nitrogen and oxygen atoms in total. The Labute approximate surface area is 113 Å². The van der Waals surface area contributed by atoms with Crippen LogP contribution in [0, 0.1) is 11.3 Å². The van der Waals surface area contributed by atoms with E-state index < -0.39 is 0 Å². The van der Waals surface area contributed by atoms with Crippen molar-refractivity contribution in [2.75, 3.05) is 6.61 Å². The number of hydrogen-bond donors (Lipinski definition) is 0. The van der Waals surface area contributed by atoms with Crippen LogP contribution in [0.5, 0.6) is 0 Å². The predicted octanol–water partition coefficient (Wildman–Crippen LogP) is 3.21. The van der Waals surface area contributed by atoms with Gasteiger partial charge < -0.3 is 4.74 Å². The van der Waals surface area contributed by atoms with Crippen LogP contribution in [-0.2, 0) is 21.3 Å². The summed E-state index contributed by atoms with van der Waals surface area (Å²) in [4.78, 5) is 11.3. The van der Waals surface area contributed by atoms with Gasteiger partial charge in [0.2, 0.25) is 0 Å². The van der Waals surface area contributed by atoms with Crippen LogP contribution in [0.3, 0.4) is 0 Å². The van der Waals surface area contributed by atoms with Crippen LogP contribution < -0.4 is 0 Å². The fourth-order valence-corrected chi connectivity index (χ4v) is 2.16. The average molecular weight is 317 g/mol. The standard InChI is InChI=1S/C12H11BrClNO2/c1-2-17-11(16)5-8-3-4-9(6-13)10(7-15)12(8)14/h3-4H,2,5-6H2,1H3.